The minimum Gasteiger partial charge on any atom is -0.228 e. The molecule has 0 amide bonds. The molecule has 1 aromatic heterocycles. The molecule has 0 saturated heterocycles. The fourth-order valence-electron chi connectivity index (χ4n) is 8.35. The summed E-state index contributed by atoms with van der Waals surface area (Å²) in [6.07, 6.45) is 7.70. The summed E-state index contributed by atoms with van der Waals surface area (Å²) in [5.74, 6) is 0.850. The summed E-state index contributed by atoms with van der Waals surface area (Å²) in [5, 5.41) is 7.72. The van der Waals surface area contributed by atoms with Gasteiger partial charge in [0.1, 0.15) is 0 Å². The number of rotatable bonds is 6. The highest BCUT2D eigenvalue weighted by Gasteiger charge is 2.25. The van der Waals surface area contributed by atoms with Crippen LogP contribution in [0, 0.1) is 0 Å². The van der Waals surface area contributed by atoms with Gasteiger partial charge in [0.2, 0.25) is 0 Å². The molecule has 0 N–H and O–H groups in total. The summed E-state index contributed by atoms with van der Waals surface area (Å²) in [6.45, 7) is 0. The van der Waals surface area contributed by atoms with Crippen LogP contribution in [0.1, 0.15) is 23.5 Å². The minimum absolute atomic E-state index is 0.113. The van der Waals surface area contributed by atoms with Gasteiger partial charge in [0.15, 0.2) is 5.82 Å². The first-order valence-corrected chi connectivity index (χ1v) is 18.7. The summed E-state index contributed by atoms with van der Waals surface area (Å²) < 4.78 is 0. The molecule has 1 aliphatic carbocycles. The molecule has 1 aliphatic rings. The Balaban J connectivity index is 1.12. The van der Waals surface area contributed by atoms with Gasteiger partial charge >= 0.3 is 0 Å². The van der Waals surface area contributed by atoms with Crippen LogP contribution in [0.15, 0.2) is 200 Å². The fourth-order valence-corrected chi connectivity index (χ4v) is 8.35. The normalized spacial score (nSPS) is 14.1. The third-order valence-corrected chi connectivity index (χ3v) is 10.9. The van der Waals surface area contributed by atoms with Crippen molar-refractivity contribution in [1.82, 2.24) is 9.97 Å². The van der Waals surface area contributed by atoms with Crippen molar-refractivity contribution in [3.05, 3.63) is 211 Å². The molecule has 2 heteroatoms. The molecule has 0 radical (unpaired) electrons. The number of aromatic nitrogens is 2. The van der Waals surface area contributed by atoms with Gasteiger partial charge in [0.25, 0.3) is 0 Å². The van der Waals surface area contributed by atoms with Gasteiger partial charge in [-0.15, -0.1) is 0 Å². The zero-order chi connectivity index (χ0) is 35.8. The van der Waals surface area contributed by atoms with Crippen LogP contribution in [0.3, 0.4) is 0 Å². The van der Waals surface area contributed by atoms with Gasteiger partial charge in [-0.25, -0.2) is 9.97 Å². The topological polar surface area (TPSA) is 25.8 Å². The van der Waals surface area contributed by atoms with E-state index in [4.69, 9.17) is 9.97 Å². The number of nitrogens with zero attached hydrogens (tertiary/aromatic N) is 2. The summed E-state index contributed by atoms with van der Waals surface area (Å²) in [7, 11) is 0. The van der Waals surface area contributed by atoms with Crippen molar-refractivity contribution in [3.63, 3.8) is 0 Å². The van der Waals surface area contributed by atoms with E-state index >= 15 is 0 Å². The van der Waals surface area contributed by atoms with Crippen LogP contribution >= 0.6 is 0 Å². The van der Waals surface area contributed by atoms with E-state index in [1.807, 2.05) is 12.1 Å². The summed E-state index contributed by atoms with van der Waals surface area (Å²) >= 11 is 0. The van der Waals surface area contributed by atoms with Gasteiger partial charge in [-0.2, -0.15) is 0 Å². The highest BCUT2D eigenvalue weighted by molar-refractivity contribution is 6.25. The SMILES string of the molecule is C1=CCC(c2ccccc2-c2nc(-c3ccccc3)cc(-c3ccccc3)n2)C(c2ccccc2-c2ccc3c4ccccc4c4ccccc4c3c2)=C1. The minimum atomic E-state index is 0.113. The van der Waals surface area contributed by atoms with Crippen molar-refractivity contribution in [1.29, 1.82) is 0 Å². The number of hydrogen-bond acceptors (Lipinski definition) is 2. The van der Waals surface area contributed by atoms with Crippen LogP contribution in [0.4, 0.5) is 0 Å². The molecule has 0 aliphatic heterocycles. The highest BCUT2D eigenvalue weighted by Crippen LogP contribution is 2.45. The molecule has 54 heavy (non-hydrogen) atoms. The molecule has 8 aromatic carbocycles. The predicted octanol–water partition coefficient (Wildman–Crippen LogP) is 13.7. The first kappa shape index (κ1) is 31.8. The Hall–Kier alpha value is -6.90. The van der Waals surface area contributed by atoms with Crippen LogP contribution in [-0.2, 0) is 0 Å². The van der Waals surface area contributed by atoms with E-state index in [2.05, 4.69) is 188 Å². The Kier molecular flexibility index (Phi) is 8.00. The molecule has 0 spiro atoms. The van der Waals surface area contributed by atoms with Crippen LogP contribution in [0.2, 0.25) is 0 Å². The van der Waals surface area contributed by atoms with E-state index in [9.17, 15) is 0 Å². The Labute approximate surface area is 315 Å². The van der Waals surface area contributed by atoms with Gasteiger partial charge in [0.05, 0.1) is 11.4 Å². The number of fused-ring (bicyclic) bond motifs is 6. The summed E-state index contributed by atoms with van der Waals surface area (Å²) in [6, 6.07) is 65.2. The van der Waals surface area contributed by atoms with Crippen molar-refractivity contribution < 1.29 is 0 Å². The van der Waals surface area contributed by atoms with Crippen LogP contribution in [0.25, 0.3) is 82.9 Å². The van der Waals surface area contributed by atoms with Gasteiger partial charge < -0.3 is 0 Å². The van der Waals surface area contributed by atoms with Crippen molar-refractivity contribution >= 4 is 37.9 Å². The zero-order valence-corrected chi connectivity index (χ0v) is 29.7. The predicted molar refractivity (Wildman–Crippen MR) is 227 cm³/mol. The smallest absolute Gasteiger partial charge is 0.160 e. The maximum absolute atomic E-state index is 5.24. The first-order chi connectivity index (χ1) is 26.8. The van der Waals surface area contributed by atoms with E-state index in [-0.39, 0.29) is 5.92 Å². The molecule has 1 unspecified atom stereocenters. The van der Waals surface area contributed by atoms with Gasteiger partial charge in [0, 0.05) is 22.6 Å². The quantitative estimate of drug-likeness (QED) is 0.163. The standard InChI is InChI=1S/C52H36N2/c1-3-17-35(18-4-1)50-34-51(36-19-5-2-6-20-36)54-52(53-50)48-30-16-15-28-45(48)42-25-11-9-23-40(42)39-22-8-7-21-38(39)37-31-32-47-44-27-12-10-24-41(44)43-26-13-14-29-46(43)49(47)33-37/h1-24,26-34,42H,25H2. The van der Waals surface area contributed by atoms with E-state index in [0.717, 1.165) is 40.3 Å². The van der Waals surface area contributed by atoms with Gasteiger partial charge in [-0.05, 0) is 78.7 Å². The fraction of sp³-hybridized carbons (Fsp3) is 0.0385. The van der Waals surface area contributed by atoms with E-state index in [1.165, 1.54) is 60.1 Å². The molecule has 0 fully saturated rings. The lowest BCUT2D eigenvalue weighted by Gasteiger charge is -2.26. The Morgan fingerprint density at radius 3 is 1.52 bits per heavy atom. The molecule has 10 rings (SSSR count). The Morgan fingerprint density at radius 1 is 0.389 bits per heavy atom. The molecule has 1 atom stereocenters. The summed E-state index contributed by atoms with van der Waals surface area (Å²) in [4.78, 5) is 10.5. The third-order valence-electron chi connectivity index (χ3n) is 10.9. The lowest BCUT2D eigenvalue weighted by molar-refractivity contribution is 0.874. The van der Waals surface area contributed by atoms with Crippen LogP contribution in [-0.4, -0.2) is 9.97 Å². The second-order valence-corrected chi connectivity index (χ2v) is 14.0. The average molecular weight is 689 g/mol. The Morgan fingerprint density at radius 2 is 0.889 bits per heavy atom. The third kappa shape index (κ3) is 5.60. The molecular weight excluding hydrogens is 653 g/mol. The van der Waals surface area contributed by atoms with Crippen molar-refractivity contribution in [2.75, 3.05) is 0 Å². The second-order valence-electron chi connectivity index (χ2n) is 14.0. The van der Waals surface area contributed by atoms with Crippen LogP contribution < -0.4 is 0 Å². The molecule has 2 nitrogen and oxygen atoms in total. The van der Waals surface area contributed by atoms with E-state index in [1.54, 1.807) is 0 Å². The first-order valence-electron chi connectivity index (χ1n) is 18.7. The maximum Gasteiger partial charge on any atom is 0.160 e. The van der Waals surface area contributed by atoms with Crippen molar-refractivity contribution in [2.45, 2.75) is 12.3 Å². The van der Waals surface area contributed by atoms with Crippen LogP contribution in [0.5, 0.6) is 0 Å². The molecule has 9 aromatic rings. The molecule has 0 bridgehead atoms. The molecule has 1 heterocycles. The molecule has 0 saturated carbocycles. The lowest BCUT2D eigenvalue weighted by Crippen LogP contribution is -2.08. The summed E-state index contributed by atoms with van der Waals surface area (Å²) in [5.41, 5.74) is 11.2. The monoisotopic (exact) mass is 688 g/mol. The second kappa shape index (κ2) is 13.6. The van der Waals surface area contributed by atoms with Crippen molar-refractivity contribution in [2.24, 2.45) is 0 Å². The van der Waals surface area contributed by atoms with Gasteiger partial charge in [-0.1, -0.05) is 188 Å². The highest BCUT2D eigenvalue weighted by atomic mass is 14.9. The lowest BCUT2D eigenvalue weighted by atomic mass is 9.78. The number of allylic oxidation sites excluding steroid dienone is 4. The van der Waals surface area contributed by atoms with Crippen molar-refractivity contribution in [3.8, 4) is 45.0 Å². The maximum atomic E-state index is 5.24. The largest absolute Gasteiger partial charge is 0.228 e. The zero-order valence-electron chi connectivity index (χ0n) is 29.7. The molecule has 254 valence electrons. The van der Waals surface area contributed by atoms with Gasteiger partial charge in [-0.3, -0.25) is 0 Å². The average Bonchev–Trinajstić information content (AvgIpc) is 3.27. The van der Waals surface area contributed by atoms with E-state index in [0.29, 0.717) is 0 Å². The molecular formula is C52H36N2. The Bertz CT molecular complexity index is 2810. The number of hydrogen-bond donors (Lipinski definition) is 0. The van der Waals surface area contributed by atoms with E-state index < -0.39 is 0 Å². The number of benzene rings is 8.